The molecule has 1 aromatic rings. The van der Waals surface area contributed by atoms with Crippen LogP contribution in [0.4, 0.5) is 17.6 Å². The van der Waals surface area contributed by atoms with Gasteiger partial charge in [0, 0.05) is 6.54 Å². The van der Waals surface area contributed by atoms with Gasteiger partial charge in [-0.15, -0.1) is 0 Å². The number of alkyl halides is 3. The molecular weight excluding hydrogens is 238 g/mol. The maximum Gasteiger partial charge on any atom is 0.414 e. The molecule has 0 aliphatic rings. The van der Waals surface area contributed by atoms with E-state index in [4.69, 9.17) is 5.73 Å². The fourth-order valence-electron chi connectivity index (χ4n) is 1.24. The fraction of sp³-hybridized carbons (Fsp3) is 0.455. The van der Waals surface area contributed by atoms with Crippen LogP contribution >= 0.6 is 0 Å². The van der Waals surface area contributed by atoms with Gasteiger partial charge in [-0.2, -0.15) is 13.2 Å². The first-order chi connectivity index (χ1) is 7.84. The van der Waals surface area contributed by atoms with E-state index in [0.29, 0.717) is 11.1 Å². The quantitative estimate of drug-likeness (QED) is 0.835. The molecule has 1 rings (SSSR count). The van der Waals surface area contributed by atoms with Crippen molar-refractivity contribution in [2.45, 2.75) is 32.4 Å². The minimum Gasteiger partial charge on any atom is -0.364 e. The molecule has 6 heteroatoms. The molecule has 0 aliphatic heterocycles. The second-order valence-electron chi connectivity index (χ2n) is 3.61. The zero-order chi connectivity index (χ0) is 13.1. The van der Waals surface area contributed by atoms with Gasteiger partial charge in [-0.05, 0) is 30.2 Å². The number of ether oxygens (including phenoxy) is 1. The van der Waals surface area contributed by atoms with E-state index in [0.717, 1.165) is 13.0 Å². The normalized spacial score (nSPS) is 13.8. The van der Waals surface area contributed by atoms with E-state index in [-0.39, 0.29) is 13.2 Å². The molecule has 0 aliphatic carbocycles. The Morgan fingerprint density at radius 3 is 2.47 bits per heavy atom. The van der Waals surface area contributed by atoms with Gasteiger partial charge in [-0.1, -0.05) is 6.07 Å². The molecular formula is C11H13F4NO. The molecule has 0 saturated heterocycles. The average molecular weight is 251 g/mol. The molecule has 0 bridgehead atoms. The van der Waals surface area contributed by atoms with Crippen molar-refractivity contribution in [1.29, 1.82) is 0 Å². The highest BCUT2D eigenvalue weighted by molar-refractivity contribution is 5.27. The van der Waals surface area contributed by atoms with Crippen molar-refractivity contribution in [1.82, 2.24) is 0 Å². The lowest BCUT2D eigenvalue weighted by Crippen LogP contribution is -2.28. The lowest BCUT2D eigenvalue weighted by Gasteiger charge is -2.17. The zero-order valence-electron chi connectivity index (χ0n) is 9.22. The van der Waals surface area contributed by atoms with Crippen LogP contribution in [0, 0.1) is 5.82 Å². The van der Waals surface area contributed by atoms with E-state index in [1.165, 1.54) is 12.1 Å². The minimum absolute atomic E-state index is 0.124. The molecule has 2 N–H and O–H groups in total. The molecule has 1 aromatic carbocycles. The van der Waals surface area contributed by atoms with Crippen LogP contribution in [0.3, 0.4) is 0 Å². The predicted molar refractivity (Wildman–Crippen MR) is 54.6 cm³/mol. The Bertz CT molecular complexity index is 378. The molecule has 17 heavy (non-hydrogen) atoms. The first-order valence-electron chi connectivity index (χ1n) is 5.00. The van der Waals surface area contributed by atoms with Gasteiger partial charge >= 0.3 is 6.18 Å². The van der Waals surface area contributed by atoms with E-state index in [1.54, 1.807) is 0 Å². The highest BCUT2D eigenvalue weighted by atomic mass is 19.4. The Morgan fingerprint density at radius 2 is 1.94 bits per heavy atom. The number of nitrogens with two attached hydrogens (primary N) is 1. The van der Waals surface area contributed by atoms with Crippen molar-refractivity contribution < 1.29 is 22.3 Å². The number of rotatable bonds is 4. The minimum atomic E-state index is -4.42. The fourth-order valence-corrected chi connectivity index (χ4v) is 1.24. The van der Waals surface area contributed by atoms with Crippen LogP contribution in [-0.2, 0) is 17.9 Å². The summed E-state index contributed by atoms with van der Waals surface area (Å²) in [6, 6.07) is 3.77. The Morgan fingerprint density at radius 1 is 1.29 bits per heavy atom. The third-order valence-corrected chi connectivity index (χ3v) is 2.34. The first-order valence-corrected chi connectivity index (χ1v) is 5.00. The third-order valence-electron chi connectivity index (χ3n) is 2.34. The van der Waals surface area contributed by atoms with Crippen LogP contribution in [0.5, 0.6) is 0 Å². The SMILES string of the molecule is CC(OCc1cc(F)ccc1CN)C(F)(F)F. The van der Waals surface area contributed by atoms with Crippen LogP contribution in [-0.4, -0.2) is 12.3 Å². The summed E-state index contributed by atoms with van der Waals surface area (Å²) >= 11 is 0. The van der Waals surface area contributed by atoms with E-state index >= 15 is 0 Å². The molecule has 0 amide bonds. The van der Waals surface area contributed by atoms with Gasteiger partial charge in [-0.3, -0.25) is 0 Å². The maximum atomic E-state index is 12.9. The largest absolute Gasteiger partial charge is 0.414 e. The summed E-state index contributed by atoms with van der Waals surface area (Å²) in [6.07, 6.45) is -6.31. The maximum absolute atomic E-state index is 12.9. The van der Waals surface area contributed by atoms with Crippen LogP contribution < -0.4 is 5.73 Å². The molecule has 2 nitrogen and oxygen atoms in total. The number of halogens is 4. The third kappa shape index (κ3) is 3.98. The summed E-state index contributed by atoms with van der Waals surface area (Å²) in [7, 11) is 0. The summed E-state index contributed by atoms with van der Waals surface area (Å²) in [5.74, 6) is -0.527. The van der Waals surface area contributed by atoms with Crippen LogP contribution in [0.15, 0.2) is 18.2 Å². The van der Waals surface area contributed by atoms with Crippen molar-refractivity contribution in [3.63, 3.8) is 0 Å². The Kier molecular flexibility index (Phi) is 4.47. The topological polar surface area (TPSA) is 35.2 Å². The smallest absolute Gasteiger partial charge is 0.364 e. The molecule has 0 heterocycles. The predicted octanol–water partition coefficient (Wildman–Crippen LogP) is 2.75. The highest BCUT2D eigenvalue weighted by Gasteiger charge is 2.36. The second kappa shape index (κ2) is 5.46. The van der Waals surface area contributed by atoms with Crippen molar-refractivity contribution in [3.8, 4) is 0 Å². The van der Waals surface area contributed by atoms with E-state index in [1.807, 2.05) is 0 Å². The molecule has 96 valence electrons. The van der Waals surface area contributed by atoms with Crippen molar-refractivity contribution >= 4 is 0 Å². The summed E-state index contributed by atoms with van der Waals surface area (Å²) in [5.41, 5.74) is 6.30. The Hall–Kier alpha value is -1.14. The molecule has 0 spiro atoms. The van der Waals surface area contributed by atoms with E-state index < -0.39 is 18.1 Å². The van der Waals surface area contributed by atoms with Gasteiger partial charge in [0.05, 0.1) is 6.61 Å². The molecule has 0 aromatic heterocycles. The van der Waals surface area contributed by atoms with Gasteiger partial charge in [0.15, 0.2) is 6.10 Å². The van der Waals surface area contributed by atoms with Crippen molar-refractivity contribution in [2.24, 2.45) is 5.73 Å². The molecule has 1 unspecified atom stereocenters. The molecule has 0 saturated carbocycles. The number of hydrogen-bond acceptors (Lipinski definition) is 2. The summed E-state index contributed by atoms with van der Waals surface area (Å²) in [5, 5.41) is 0. The monoisotopic (exact) mass is 251 g/mol. The summed E-state index contributed by atoms with van der Waals surface area (Å²) in [4.78, 5) is 0. The van der Waals surface area contributed by atoms with Crippen molar-refractivity contribution in [2.75, 3.05) is 0 Å². The van der Waals surface area contributed by atoms with Gasteiger partial charge in [0.25, 0.3) is 0 Å². The van der Waals surface area contributed by atoms with E-state index in [2.05, 4.69) is 4.74 Å². The van der Waals surface area contributed by atoms with Gasteiger partial charge in [0.2, 0.25) is 0 Å². The Balaban J connectivity index is 2.72. The van der Waals surface area contributed by atoms with Gasteiger partial charge in [0.1, 0.15) is 5.82 Å². The molecule has 1 atom stereocenters. The summed E-state index contributed by atoms with van der Waals surface area (Å²) < 4.78 is 54.1. The zero-order valence-corrected chi connectivity index (χ0v) is 9.22. The molecule has 0 radical (unpaired) electrons. The van der Waals surface area contributed by atoms with Crippen LogP contribution in [0.25, 0.3) is 0 Å². The Labute approximate surface area is 96.4 Å². The standard InChI is InChI=1S/C11H13F4NO/c1-7(11(13,14)15)17-6-9-4-10(12)3-2-8(9)5-16/h2-4,7H,5-6,16H2,1H3. The lowest BCUT2D eigenvalue weighted by atomic mass is 10.1. The average Bonchev–Trinajstić information content (AvgIpc) is 2.24. The van der Waals surface area contributed by atoms with E-state index in [9.17, 15) is 17.6 Å². The van der Waals surface area contributed by atoms with Gasteiger partial charge < -0.3 is 10.5 Å². The van der Waals surface area contributed by atoms with Crippen LogP contribution in [0.1, 0.15) is 18.1 Å². The second-order valence-corrected chi connectivity index (χ2v) is 3.61. The summed E-state index contributed by atoms with van der Waals surface area (Å²) in [6.45, 7) is 0.714. The lowest BCUT2D eigenvalue weighted by molar-refractivity contribution is -0.217. The number of benzene rings is 1. The first kappa shape index (κ1) is 13.9. The van der Waals surface area contributed by atoms with Crippen LogP contribution in [0.2, 0.25) is 0 Å². The number of hydrogen-bond donors (Lipinski definition) is 1. The van der Waals surface area contributed by atoms with Gasteiger partial charge in [-0.25, -0.2) is 4.39 Å². The highest BCUT2D eigenvalue weighted by Crippen LogP contribution is 2.24. The molecule has 0 fully saturated rings. The van der Waals surface area contributed by atoms with Crippen molar-refractivity contribution in [3.05, 3.63) is 35.1 Å².